The van der Waals surface area contributed by atoms with Gasteiger partial charge < -0.3 is 15.3 Å². The van der Waals surface area contributed by atoms with Crippen LogP contribution in [0.5, 0.6) is 0 Å². The fourth-order valence-electron chi connectivity index (χ4n) is 0.759. The molecule has 0 bridgehead atoms. The highest BCUT2D eigenvalue weighted by Crippen LogP contribution is 2.20. The van der Waals surface area contributed by atoms with Gasteiger partial charge >= 0.3 is 0 Å². The second-order valence-electron chi connectivity index (χ2n) is 2.82. The van der Waals surface area contributed by atoms with Crippen molar-refractivity contribution in [3.05, 3.63) is 12.7 Å². The van der Waals surface area contributed by atoms with Gasteiger partial charge in [0.25, 0.3) is 0 Å². The molecule has 3 N–H and O–H groups in total. The topological polar surface area (TPSA) is 77.8 Å². The van der Waals surface area contributed by atoms with Crippen LogP contribution in [-0.2, 0) is 4.79 Å². The first kappa shape index (κ1) is 11.3. The molecule has 4 heteroatoms. The third-order valence-electron chi connectivity index (χ3n) is 1.78. The molecule has 0 rings (SSSR count). The number of carbonyl (C=O) groups is 1. The lowest BCUT2D eigenvalue weighted by Gasteiger charge is -2.25. The van der Waals surface area contributed by atoms with E-state index in [2.05, 4.69) is 6.58 Å². The first-order valence-corrected chi connectivity index (χ1v) is 3.62. The molecule has 70 valence electrons. The first-order valence-electron chi connectivity index (χ1n) is 3.62. The molecule has 0 aromatic carbocycles. The van der Waals surface area contributed by atoms with Crippen molar-refractivity contribution in [1.29, 1.82) is 0 Å². The molecule has 4 nitrogen and oxygen atoms in total. The predicted octanol–water partition coefficient (Wildman–Crippen LogP) is -0.905. The third-order valence-corrected chi connectivity index (χ3v) is 1.78. The van der Waals surface area contributed by atoms with Crippen LogP contribution < -0.4 is 0 Å². The minimum absolute atomic E-state index is 0.0833. The van der Waals surface area contributed by atoms with Crippen LogP contribution in [0.2, 0.25) is 0 Å². The van der Waals surface area contributed by atoms with Crippen LogP contribution in [0.4, 0.5) is 0 Å². The van der Waals surface area contributed by atoms with Crippen LogP contribution in [0, 0.1) is 5.41 Å². The largest absolute Gasteiger partial charge is 0.396 e. The van der Waals surface area contributed by atoms with Crippen LogP contribution >= 0.6 is 0 Å². The normalized spacial score (nSPS) is 11.2. The van der Waals surface area contributed by atoms with Gasteiger partial charge in [0.15, 0.2) is 5.78 Å². The zero-order valence-electron chi connectivity index (χ0n) is 6.86. The summed E-state index contributed by atoms with van der Waals surface area (Å²) in [6, 6.07) is 0. The van der Waals surface area contributed by atoms with E-state index in [1.54, 1.807) is 0 Å². The maximum Gasteiger partial charge on any atom is 0.155 e. The Balaban J connectivity index is 4.29. The number of aliphatic hydroxyl groups is 3. The summed E-state index contributed by atoms with van der Waals surface area (Å²) in [6.45, 7) is 2.00. The van der Waals surface area contributed by atoms with Gasteiger partial charge in [0, 0.05) is 11.8 Å². The van der Waals surface area contributed by atoms with Crippen molar-refractivity contribution >= 4 is 5.78 Å². The zero-order valence-corrected chi connectivity index (χ0v) is 6.86. The molecule has 0 radical (unpaired) electrons. The lowest BCUT2D eigenvalue weighted by atomic mass is 9.85. The molecule has 0 unspecified atom stereocenters. The maximum atomic E-state index is 10.9. The van der Waals surface area contributed by atoms with Gasteiger partial charge in [-0.3, -0.25) is 4.79 Å². The van der Waals surface area contributed by atoms with Crippen LogP contribution in [0.1, 0.15) is 6.42 Å². The predicted molar refractivity (Wildman–Crippen MR) is 43.5 cm³/mol. The molecule has 0 aliphatic carbocycles. The van der Waals surface area contributed by atoms with Gasteiger partial charge in [0.2, 0.25) is 0 Å². The molecule has 0 fully saturated rings. The van der Waals surface area contributed by atoms with Gasteiger partial charge in [0.05, 0.1) is 19.8 Å². The Labute approximate surface area is 71.1 Å². The molecule has 12 heavy (non-hydrogen) atoms. The highest BCUT2D eigenvalue weighted by Gasteiger charge is 2.29. The molecule has 0 aromatic rings. The molecular weight excluding hydrogens is 160 g/mol. The van der Waals surface area contributed by atoms with Crippen molar-refractivity contribution in [2.24, 2.45) is 5.41 Å². The van der Waals surface area contributed by atoms with Crippen LogP contribution in [0.3, 0.4) is 0 Å². The maximum absolute atomic E-state index is 10.9. The molecule has 0 saturated carbocycles. The molecule has 0 aromatic heterocycles. The summed E-state index contributed by atoms with van der Waals surface area (Å²) in [5.74, 6) is -0.299. The van der Waals surface area contributed by atoms with E-state index >= 15 is 0 Å². The van der Waals surface area contributed by atoms with Crippen molar-refractivity contribution in [1.82, 2.24) is 0 Å². The molecule has 0 atom stereocenters. The highest BCUT2D eigenvalue weighted by molar-refractivity contribution is 5.89. The Kier molecular flexibility index (Phi) is 4.73. The molecule has 0 aliphatic rings. The molecule has 0 aliphatic heterocycles. The minimum atomic E-state index is -1.11. The van der Waals surface area contributed by atoms with Crippen LogP contribution in [0.15, 0.2) is 12.7 Å². The summed E-state index contributed by atoms with van der Waals surface area (Å²) in [4.78, 5) is 10.9. The van der Waals surface area contributed by atoms with Crippen molar-refractivity contribution in [3.8, 4) is 0 Å². The van der Waals surface area contributed by atoms with Crippen molar-refractivity contribution in [2.45, 2.75) is 6.42 Å². The Morgan fingerprint density at radius 1 is 1.25 bits per heavy atom. The average Bonchev–Trinajstić information content (AvgIpc) is 2.14. The van der Waals surface area contributed by atoms with E-state index in [9.17, 15) is 4.79 Å². The monoisotopic (exact) mass is 174 g/mol. The zero-order chi connectivity index (χ0) is 9.61. The summed E-state index contributed by atoms with van der Waals surface area (Å²) in [5.41, 5.74) is -1.11. The van der Waals surface area contributed by atoms with Gasteiger partial charge in [-0.2, -0.15) is 0 Å². The molecule has 0 spiro atoms. The van der Waals surface area contributed by atoms with Crippen LogP contribution in [0.25, 0.3) is 0 Å². The first-order chi connectivity index (χ1) is 5.64. The number of hydrogen-bond donors (Lipinski definition) is 3. The smallest absolute Gasteiger partial charge is 0.155 e. The fourth-order valence-corrected chi connectivity index (χ4v) is 0.759. The number of hydrogen-bond acceptors (Lipinski definition) is 4. The van der Waals surface area contributed by atoms with E-state index in [1.165, 1.54) is 0 Å². The molecular formula is C8H14O4. The standard InChI is InChI=1S/C8H14O4/c1-2-7(12)3-8(4-9,5-10)6-11/h2,9-11H,1,3-6H2. The summed E-state index contributed by atoms with van der Waals surface area (Å²) in [5, 5.41) is 26.4. The Hall–Kier alpha value is -0.710. The minimum Gasteiger partial charge on any atom is -0.396 e. The van der Waals surface area contributed by atoms with E-state index in [0.29, 0.717) is 0 Å². The van der Waals surface area contributed by atoms with E-state index in [0.717, 1.165) is 6.08 Å². The third kappa shape index (κ3) is 2.73. The van der Waals surface area contributed by atoms with Gasteiger partial charge in [0.1, 0.15) is 0 Å². The Morgan fingerprint density at radius 2 is 1.67 bits per heavy atom. The number of allylic oxidation sites excluding steroid dienone is 1. The average molecular weight is 174 g/mol. The number of aliphatic hydroxyl groups excluding tert-OH is 3. The van der Waals surface area contributed by atoms with E-state index in [-0.39, 0.29) is 12.2 Å². The van der Waals surface area contributed by atoms with Crippen LogP contribution in [-0.4, -0.2) is 40.9 Å². The lowest BCUT2D eigenvalue weighted by Crippen LogP contribution is -2.35. The number of rotatable bonds is 6. The van der Waals surface area contributed by atoms with Gasteiger partial charge in [-0.15, -0.1) is 0 Å². The lowest BCUT2D eigenvalue weighted by molar-refractivity contribution is -0.120. The van der Waals surface area contributed by atoms with Crippen molar-refractivity contribution in [2.75, 3.05) is 19.8 Å². The van der Waals surface area contributed by atoms with Gasteiger partial charge in [-0.05, 0) is 6.08 Å². The second-order valence-corrected chi connectivity index (χ2v) is 2.82. The number of carbonyl (C=O) groups excluding carboxylic acids is 1. The van der Waals surface area contributed by atoms with Gasteiger partial charge in [-0.1, -0.05) is 6.58 Å². The fraction of sp³-hybridized carbons (Fsp3) is 0.625. The summed E-state index contributed by atoms with van der Waals surface area (Å²) in [6.07, 6.45) is 1.02. The second kappa shape index (κ2) is 5.03. The summed E-state index contributed by atoms with van der Waals surface area (Å²) in [7, 11) is 0. The molecule has 0 amide bonds. The van der Waals surface area contributed by atoms with Gasteiger partial charge in [-0.25, -0.2) is 0 Å². The summed E-state index contributed by atoms with van der Waals surface area (Å²) < 4.78 is 0. The van der Waals surface area contributed by atoms with E-state index in [1.807, 2.05) is 0 Å². The quantitative estimate of drug-likeness (QED) is 0.456. The van der Waals surface area contributed by atoms with E-state index < -0.39 is 25.2 Å². The molecule has 0 heterocycles. The molecule has 0 saturated heterocycles. The van der Waals surface area contributed by atoms with Crippen molar-refractivity contribution in [3.63, 3.8) is 0 Å². The van der Waals surface area contributed by atoms with E-state index in [4.69, 9.17) is 15.3 Å². The highest BCUT2D eigenvalue weighted by atomic mass is 16.3. The number of ketones is 1. The Bertz CT molecular complexity index is 152. The van der Waals surface area contributed by atoms with Crippen molar-refractivity contribution < 1.29 is 20.1 Å². The SMILES string of the molecule is C=CC(=O)CC(CO)(CO)CO. The Morgan fingerprint density at radius 3 is 1.92 bits per heavy atom. The summed E-state index contributed by atoms with van der Waals surface area (Å²) >= 11 is 0.